The highest BCUT2D eigenvalue weighted by Crippen LogP contribution is 2.34. The van der Waals surface area contributed by atoms with E-state index in [0.717, 1.165) is 21.7 Å². The molecule has 2 aromatic heterocycles. The minimum absolute atomic E-state index is 0.0939. The number of carbonyl (C=O) groups excluding carboxylic acids is 1. The van der Waals surface area contributed by atoms with Gasteiger partial charge in [-0.1, -0.05) is 77.5 Å². The molecule has 6 nitrogen and oxygen atoms in total. The van der Waals surface area contributed by atoms with Crippen molar-refractivity contribution < 1.29 is 9.21 Å². The highest BCUT2D eigenvalue weighted by Gasteiger charge is 2.33. The quantitative estimate of drug-likeness (QED) is 0.326. The van der Waals surface area contributed by atoms with E-state index in [2.05, 4.69) is 72.6 Å². The molecule has 2 aromatic carbocycles. The van der Waals surface area contributed by atoms with Crippen LogP contribution in [0.2, 0.25) is 0 Å². The smallest absolute Gasteiger partial charge is 0.277 e. The second-order valence-corrected chi connectivity index (χ2v) is 9.80. The summed E-state index contributed by atoms with van der Waals surface area (Å²) in [7, 11) is 0. The molecule has 3 heterocycles. The Hall–Kier alpha value is -3.23. The van der Waals surface area contributed by atoms with Crippen LogP contribution in [0.25, 0.3) is 10.8 Å². The van der Waals surface area contributed by atoms with Gasteiger partial charge >= 0.3 is 0 Å². The predicted octanol–water partition coefficient (Wildman–Crippen LogP) is 5.88. The van der Waals surface area contributed by atoms with Crippen LogP contribution in [-0.4, -0.2) is 32.6 Å². The first kappa shape index (κ1) is 21.6. The van der Waals surface area contributed by atoms with E-state index in [9.17, 15) is 4.79 Å². The van der Waals surface area contributed by atoms with Crippen molar-refractivity contribution in [3.8, 4) is 10.8 Å². The molecule has 5 rings (SSSR count). The highest BCUT2D eigenvalue weighted by atomic mass is 32.2. The summed E-state index contributed by atoms with van der Waals surface area (Å²) in [6, 6.07) is 20.3. The number of thioether (sulfide) groups is 1. The van der Waals surface area contributed by atoms with E-state index in [-0.39, 0.29) is 17.7 Å². The Labute approximate surface area is 200 Å². The first-order valence-corrected chi connectivity index (χ1v) is 12.5. The standard InChI is InChI=1S/C25H22N4O2S2/c1-16-5-9-18(10-6-16)20-14-21(19-11-7-17(2)8-12-19)29(28-20)23(30)15-33-25-27-26-24(31-25)22-4-3-13-32-22/h3-13,21H,14-15H2,1-2H3/t21-/m1/s1. The number of aromatic nitrogens is 2. The molecule has 0 spiro atoms. The Morgan fingerprint density at radius 3 is 2.48 bits per heavy atom. The minimum Gasteiger partial charge on any atom is -0.410 e. The lowest BCUT2D eigenvalue weighted by Gasteiger charge is -2.21. The number of aryl methyl sites for hydroxylation is 2. The van der Waals surface area contributed by atoms with Gasteiger partial charge in [-0.3, -0.25) is 4.79 Å². The Morgan fingerprint density at radius 2 is 1.79 bits per heavy atom. The van der Waals surface area contributed by atoms with Crippen LogP contribution in [0.1, 0.15) is 34.7 Å². The Balaban J connectivity index is 1.35. The molecule has 0 N–H and O–H groups in total. The van der Waals surface area contributed by atoms with Crippen molar-refractivity contribution in [3.05, 3.63) is 88.3 Å². The van der Waals surface area contributed by atoms with Crippen molar-refractivity contribution in [1.82, 2.24) is 15.2 Å². The molecule has 33 heavy (non-hydrogen) atoms. The van der Waals surface area contributed by atoms with Crippen molar-refractivity contribution in [1.29, 1.82) is 0 Å². The van der Waals surface area contributed by atoms with E-state index >= 15 is 0 Å². The molecule has 0 aliphatic carbocycles. The highest BCUT2D eigenvalue weighted by molar-refractivity contribution is 7.99. The van der Waals surface area contributed by atoms with Crippen LogP contribution in [0.4, 0.5) is 0 Å². The summed E-state index contributed by atoms with van der Waals surface area (Å²) in [5.74, 6) is 0.543. The number of hydrazone groups is 1. The van der Waals surface area contributed by atoms with Crippen LogP contribution < -0.4 is 0 Å². The second-order valence-electron chi connectivity index (χ2n) is 7.92. The van der Waals surface area contributed by atoms with Crippen molar-refractivity contribution >= 4 is 34.7 Å². The topological polar surface area (TPSA) is 71.6 Å². The number of amides is 1. The number of rotatable bonds is 6. The normalized spacial score (nSPS) is 15.6. The fourth-order valence-electron chi connectivity index (χ4n) is 3.67. The van der Waals surface area contributed by atoms with Crippen LogP contribution >= 0.6 is 23.1 Å². The molecule has 1 aliphatic heterocycles. The lowest BCUT2D eigenvalue weighted by Crippen LogP contribution is -2.28. The van der Waals surface area contributed by atoms with E-state index in [0.29, 0.717) is 17.5 Å². The average molecular weight is 475 g/mol. The molecule has 0 saturated heterocycles. The Bertz CT molecular complexity index is 1280. The fraction of sp³-hybridized carbons (Fsp3) is 0.200. The van der Waals surface area contributed by atoms with Crippen LogP contribution in [0.3, 0.4) is 0 Å². The van der Waals surface area contributed by atoms with E-state index < -0.39 is 0 Å². The minimum atomic E-state index is -0.139. The summed E-state index contributed by atoms with van der Waals surface area (Å²) in [5.41, 5.74) is 5.40. The summed E-state index contributed by atoms with van der Waals surface area (Å²) >= 11 is 2.77. The number of benzene rings is 2. The molecule has 0 radical (unpaired) electrons. The van der Waals surface area contributed by atoms with Gasteiger partial charge in [-0.15, -0.1) is 21.5 Å². The van der Waals surface area contributed by atoms with Crippen LogP contribution in [0, 0.1) is 13.8 Å². The maximum Gasteiger partial charge on any atom is 0.277 e. The first-order chi connectivity index (χ1) is 16.1. The van der Waals surface area contributed by atoms with Crippen LogP contribution in [-0.2, 0) is 4.79 Å². The molecule has 0 unspecified atom stereocenters. The maximum absolute atomic E-state index is 13.2. The molecule has 1 aliphatic rings. The average Bonchev–Trinajstić information content (AvgIpc) is 3.59. The lowest BCUT2D eigenvalue weighted by atomic mass is 9.97. The molecule has 0 bridgehead atoms. The SMILES string of the molecule is Cc1ccc(C2=NN(C(=O)CSc3nnc(-c4cccs4)o3)[C@@H](c3ccc(C)cc3)C2)cc1. The van der Waals surface area contributed by atoms with Gasteiger partial charge in [-0.05, 0) is 36.4 Å². The monoisotopic (exact) mass is 474 g/mol. The molecule has 166 valence electrons. The number of hydrogen-bond acceptors (Lipinski definition) is 7. The third-order valence-corrected chi connectivity index (χ3v) is 7.13. The number of carbonyl (C=O) groups is 1. The third kappa shape index (κ3) is 4.77. The van der Waals surface area contributed by atoms with Gasteiger partial charge in [0.2, 0.25) is 0 Å². The van der Waals surface area contributed by atoms with Gasteiger partial charge < -0.3 is 4.42 Å². The van der Waals surface area contributed by atoms with Crippen molar-refractivity contribution in [3.63, 3.8) is 0 Å². The van der Waals surface area contributed by atoms with Gasteiger partial charge in [-0.2, -0.15) is 5.10 Å². The number of thiophene rings is 1. The zero-order chi connectivity index (χ0) is 22.8. The summed E-state index contributed by atoms with van der Waals surface area (Å²) in [4.78, 5) is 14.2. The van der Waals surface area contributed by atoms with E-state index in [1.807, 2.05) is 17.5 Å². The molecule has 4 aromatic rings. The lowest BCUT2D eigenvalue weighted by molar-refractivity contribution is -0.130. The predicted molar refractivity (Wildman–Crippen MR) is 131 cm³/mol. The molecule has 1 atom stereocenters. The summed E-state index contributed by atoms with van der Waals surface area (Å²) < 4.78 is 5.71. The van der Waals surface area contributed by atoms with Gasteiger partial charge in [0.05, 0.1) is 22.4 Å². The largest absolute Gasteiger partial charge is 0.410 e. The van der Waals surface area contributed by atoms with Crippen molar-refractivity contribution in [2.45, 2.75) is 31.5 Å². The molecular weight excluding hydrogens is 452 g/mol. The van der Waals surface area contributed by atoms with Gasteiger partial charge in [-0.25, -0.2) is 5.01 Å². The summed E-state index contributed by atoms with van der Waals surface area (Å²) in [6.07, 6.45) is 0.672. The summed E-state index contributed by atoms with van der Waals surface area (Å²) in [5, 5.41) is 16.9. The van der Waals surface area contributed by atoms with Crippen LogP contribution in [0.15, 0.2) is 80.8 Å². The van der Waals surface area contributed by atoms with Gasteiger partial charge in [0.15, 0.2) is 0 Å². The van der Waals surface area contributed by atoms with E-state index in [1.165, 1.54) is 34.2 Å². The molecular formula is C25H22N4O2S2. The summed E-state index contributed by atoms with van der Waals surface area (Å²) in [6.45, 7) is 4.12. The maximum atomic E-state index is 13.2. The number of nitrogens with zero attached hydrogens (tertiary/aromatic N) is 4. The zero-order valence-electron chi connectivity index (χ0n) is 18.3. The zero-order valence-corrected chi connectivity index (χ0v) is 19.9. The van der Waals surface area contributed by atoms with E-state index in [4.69, 9.17) is 9.52 Å². The van der Waals surface area contributed by atoms with Crippen LogP contribution in [0.5, 0.6) is 0 Å². The van der Waals surface area contributed by atoms with Gasteiger partial charge in [0.1, 0.15) is 0 Å². The van der Waals surface area contributed by atoms with E-state index in [1.54, 1.807) is 5.01 Å². The first-order valence-electron chi connectivity index (χ1n) is 10.6. The molecule has 1 amide bonds. The van der Waals surface area contributed by atoms with Crippen molar-refractivity contribution in [2.24, 2.45) is 5.10 Å². The van der Waals surface area contributed by atoms with Gasteiger partial charge in [0, 0.05) is 6.42 Å². The van der Waals surface area contributed by atoms with Crippen molar-refractivity contribution in [2.75, 3.05) is 5.75 Å². The third-order valence-electron chi connectivity index (χ3n) is 5.47. The Morgan fingerprint density at radius 1 is 1.06 bits per heavy atom. The second kappa shape index (κ2) is 9.33. The molecule has 8 heteroatoms. The molecule has 0 saturated carbocycles. The fourth-order valence-corrected chi connectivity index (χ4v) is 4.93. The Kier molecular flexibility index (Phi) is 6.11. The molecule has 0 fully saturated rings. The number of hydrogen-bond donors (Lipinski definition) is 0. The van der Waals surface area contributed by atoms with Gasteiger partial charge in [0.25, 0.3) is 17.0 Å².